The van der Waals surface area contributed by atoms with Crippen LogP contribution in [-0.2, 0) is 32.0 Å². The van der Waals surface area contributed by atoms with E-state index in [0.717, 1.165) is 0 Å². The minimum Gasteiger partial charge on any atom is -0.508 e. The number of carbonyl (C=O) groups excluding carboxylic acids is 4. The number of nitrogens with one attached hydrogen (secondary N) is 4. The number of hydrogen-bond donors (Lipinski definition) is 11. The fourth-order valence-corrected chi connectivity index (χ4v) is 5.22. The molecule has 0 spiro atoms. The second-order valence-corrected chi connectivity index (χ2v) is 11.8. The van der Waals surface area contributed by atoms with Crippen molar-refractivity contribution in [2.24, 2.45) is 22.9 Å². The average molecular weight is 803 g/mol. The Kier molecular flexibility index (Phi) is 24.5. The second-order valence-electron chi connectivity index (χ2n) is 11.8. The van der Waals surface area contributed by atoms with E-state index in [1.54, 1.807) is 24.3 Å². The van der Waals surface area contributed by atoms with Gasteiger partial charge in [-0.1, -0.05) is 12.1 Å². The SMILES string of the molecule is Cl.Cl.Cl.Cl.NCCC[C@H](NC(=O)[C@@H]1Cc2cc(ccc2O)-c2ccc(O)c(c2)C[C@H](N)C(=O)N[C@@H](CCCN)C(=O)N1)C(=O)NCC[C@H](N)CO. The van der Waals surface area contributed by atoms with Gasteiger partial charge in [-0.25, -0.2) is 0 Å². The maximum Gasteiger partial charge on any atom is 0.243 e. The van der Waals surface area contributed by atoms with Crippen LogP contribution < -0.4 is 44.2 Å². The van der Waals surface area contributed by atoms with Crippen LogP contribution in [0.1, 0.15) is 43.2 Å². The molecular weight excluding hydrogens is 750 g/mol. The Labute approximate surface area is 322 Å². The molecule has 1 heterocycles. The van der Waals surface area contributed by atoms with Crippen molar-refractivity contribution in [1.82, 2.24) is 21.3 Å². The molecule has 2 aromatic rings. The first kappa shape index (κ1) is 50.0. The number of nitrogens with two attached hydrogens (primary N) is 4. The third-order valence-corrected chi connectivity index (χ3v) is 8.03. The summed E-state index contributed by atoms with van der Waals surface area (Å²) < 4.78 is 0. The fraction of sp³-hybridized carbons (Fsp3) is 0.500. The minimum atomic E-state index is -1.29. The molecule has 15 nitrogen and oxygen atoms in total. The van der Waals surface area contributed by atoms with Crippen LogP contribution >= 0.6 is 49.6 Å². The molecule has 15 N–H and O–H groups in total. The summed E-state index contributed by atoms with van der Waals surface area (Å²) in [7, 11) is 0. The standard InChI is InChI=1S/C32H48N8O7.4ClH/c33-10-1-3-24(30(45)37-12-9-22(35)17-41)39-32(47)26-16-21-14-19(6-8-28(21)43)18-5-7-27(42)20(13-18)15-23(36)29(44)38-25(4-2-11-34)31(46)40-26;;;;/h5-8,13-14,22-26,41-43H,1-4,9-12,15-17,33-36H2,(H,37,45)(H,38,44)(H,39,47)(H,40,46);4*1H/t22-,23-,24-,25-,26-;;;;/m0..../s1. The van der Waals surface area contributed by atoms with Gasteiger partial charge in [-0.05, 0) is 91.7 Å². The molecular formula is C32H52Cl4N8O7. The van der Waals surface area contributed by atoms with Crippen LogP contribution in [0.2, 0.25) is 0 Å². The topological polar surface area (TPSA) is 281 Å². The molecule has 0 fully saturated rings. The largest absolute Gasteiger partial charge is 0.508 e. The molecule has 2 aromatic carbocycles. The van der Waals surface area contributed by atoms with Gasteiger partial charge in [0.25, 0.3) is 0 Å². The quantitative estimate of drug-likeness (QED) is 0.124. The van der Waals surface area contributed by atoms with E-state index in [1.165, 1.54) is 12.1 Å². The van der Waals surface area contributed by atoms with E-state index in [4.69, 9.17) is 28.0 Å². The highest BCUT2D eigenvalue weighted by Crippen LogP contribution is 2.31. The summed E-state index contributed by atoms with van der Waals surface area (Å²) in [4.78, 5) is 53.7. The van der Waals surface area contributed by atoms with Crippen molar-refractivity contribution in [1.29, 1.82) is 0 Å². The molecule has 51 heavy (non-hydrogen) atoms. The van der Waals surface area contributed by atoms with Crippen LogP contribution in [0.5, 0.6) is 11.5 Å². The van der Waals surface area contributed by atoms with Gasteiger partial charge in [-0.15, -0.1) is 49.6 Å². The average Bonchev–Trinajstić information content (AvgIpc) is 3.05. The normalized spacial score (nSPS) is 18.2. The Morgan fingerprint density at radius 3 is 1.96 bits per heavy atom. The fourth-order valence-electron chi connectivity index (χ4n) is 5.22. The van der Waals surface area contributed by atoms with Crippen LogP contribution in [-0.4, -0.2) is 95.4 Å². The van der Waals surface area contributed by atoms with Crippen molar-refractivity contribution in [3.05, 3.63) is 47.5 Å². The number of halogens is 4. The molecule has 4 amide bonds. The van der Waals surface area contributed by atoms with E-state index in [9.17, 15) is 29.4 Å². The molecule has 290 valence electrons. The maximum absolute atomic E-state index is 13.8. The zero-order valence-corrected chi connectivity index (χ0v) is 31.3. The molecule has 0 aliphatic carbocycles. The van der Waals surface area contributed by atoms with E-state index in [2.05, 4.69) is 21.3 Å². The van der Waals surface area contributed by atoms with Crippen LogP contribution in [0, 0.1) is 0 Å². The number of aliphatic hydroxyl groups is 1. The number of benzene rings is 2. The third kappa shape index (κ3) is 15.2. The van der Waals surface area contributed by atoms with E-state index < -0.39 is 53.8 Å². The summed E-state index contributed by atoms with van der Waals surface area (Å²) in [5.41, 5.74) is 25.3. The smallest absolute Gasteiger partial charge is 0.243 e. The first-order chi connectivity index (χ1) is 22.5. The van der Waals surface area contributed by atoms with Crippen molar-refractivity contribution in [2.45, 2.75) is 75.2 Å². The van der Waals surface area contributed by atoms with Gasteiger partial charge in [0.1, 0.15) is 29.6 Å². The highest BCUT2D eigenvalue weighted by atomic mass is 35.5. The van der Waals surface area contributed by atoms with E-state index in [1.807, 2.05) is 0 Å². The van der Waals surface area contributed by atoms with Crippen LogP contribution in [0.3, 0.4) is 0 Å². The molecule has 19 heteroatoms. The van der Waals surface area contributed by atoms with Crippen molar-refractivity contribution >= 4 is 73.3 Å². The Bertz CT molecular complexity index is 1410. The molecule has 0 aromatic heterocycles. The Morgan fingerprint density at radius 2 is 1.41 bits per heavy atom. The summed E-state index contributed by atoms with van der Waals surface area (Å²) in [6.07, 6.45) is 1.26. The van der Waals surface area contributed by atoms with Crippen molar-refractivity contribution in [3.63, 3.8) is 0 Å². The van der Waals surface area contributed by atoms with Crippen molar-refractivity contribution in [3.8, 4) is 22.6 Å². The lowest BCUT2D eigenvalue weighted by molar-refractivity contribution is -0.134. The lowest BCUT2D eigenvalue weighted by atomic mass is 9.95. The predicted molar refractivity (Wildman–Crippen MR) is 205 cm³/mol. The predicted octanol–water partition coefficient (Wildman–Crippen LogP) is -0.364. The Morgan fingerprint density at radius 1 is 0.843 bits per heavy atom. The molecule has 3 rings (SSSR count). The summed E-state index contributed by atoms with van der Waals surface area (Å²) in [6, 6.07) is 4.58. The number of amides is 4. The second kappa shape index (κ2) is 25.0. The molecule has 0 saturated heterocycles. The Hall–Kier alpha value is -3.12. The van der Waals surface area contributed by atoms with E-state index in [-0.39, 0.29) is 113 Å². The zero-order chi connectivity index (χ0) is 34.5. The van der Waals surface area contributed by atoms with Gasteiger partial charge in [0, 0.05) is 25.4 Å². The zero-order valence-electron chi connectivity index (χ0n) is 28.0. The van der Waals surface area contributed by atoms with Gasteiger partial charge in [-0.3, -0.25) is 19.2 Å². The van der Waals surface area contributed by atoms with Gasteiger partial charge in [0.05, 0.1) is 12.6 Å². The Balaban J connectivity index is 0. The number of rotatable bonds is 13. The third-order valence-electron chi connectivity index (χ3n) is 8.03. The number of phenols is 2. The van der Waals surface area contributed by atoms with Gasteiger partial charge in [0.2, 0.25) is 23.6 Å². The van der Waals surface area contributed by atoms with Crippen molar-refractivity contribution < 1.29 is 34.5 Å². The molecule has 4 bridgehead atoms. The molecule has 1 aliphatic rings. The number of hydrogen-bond acceptors (Lipinski definition) is 11. The van der Waals surface area contributed by atoms with Gasteiger partial charge in [-0.2, -0.15) is 0 Å². The van der Waals surface area contributed by atoms with Crippen LogP contribution in [0.4, 0.5) is 0 Å². The highest BCUT2D eigenvalue weighted by molar-refractivity contribution is 5.95. The minimum absolute atomic E-state index is 0. The van der Waals surface area contributed by atoms with Gasteiger partial charge < -0.3 is 59.5 Å². The summed E-state index contributed by atoms with van der Waals surface area (Å²) in [5, 5.41) is 41.2. The molecule has 0 saturated carbocycles. The lowest BCUT2D eigenvalue weighted by Gasteiger charge is -2.26. The molecule has 1 aliphatic heterocycles. The van der Waals surface area contributed by atoms with Crippen LogP contribution in [0.15, 0.2) is 36.4 Å². The number of fused-ring (bicyclic) bond motifs is 5. The monoisotopic (exact) mass is 800 g/mol. The summed E-state index contributed by atoms with van der Waals surface area (Å²) in [6.45, 7) is 0.419. The first-order valence-corrected chi connectivity index (χ1v) is 15.8. The molecule has 5 atom stereocenters. The van der Waals surface area contributed by atoms with Crippen molar-refractivity contribution in [2.75, 3.05) is 26.2 Å². The van der Waals surface area contributed by atoms with Crippen LogP contribution in [0.25, 0.3) is 11.1 Å². The number of carbonyl (C=O) groups is 4. The number of aromatic hydroxyl groups is 2. The molecule has 0 unspecified atom stereocenters. The lowest BCUT2D eigenvalue weighted by Crippen LogP contribution is -2.58. The summed E-state index contributed by atoms with van der Waals surface area (Å²) >= 11 is 0. The highest BCUT2D eigenvalue weighted by Gasteiger charge is 2.31. The number of phenolic OH excluding ortho intramolecular Hbond substituents is 2. The van der Waals surface area contributed by atoms with E-state index in [0.29, 0.717) is 41.5 Å². The van der Waals surface area contributed by atoms with E-state index >= 15 is 0 Å². The molecule has 0 radical (unpaired) electrons. The van der Waals surface area contributed by atoms with Gasteiger partial charge in [0.15, 0.2) is 0 Å². The summed E-state index contributed by atoms with van der Waals surface area (Å²) in [5.74, 6) is -2.70. The van der Waals surface area contributed by atoms with Gasteiger partial charge >= 0.3 is 0 Å². The number of aliphatic hydroxyl groups excluding tert-OH is 1. The first-order valence-electron chi connectivity index (χ1n) is 15.8. The maximum atomic E-state index is 13.8.